The number of carbonyl (C=O) groups excluding carboxylic acids is 1. The molecule has 0 radical (unpaired) electrons. The number of aryl methyl sites for hydroxylation is 1. The summed E-state index contributed by atoms with van der Waals surface area (Å²) in [5.74, 6) is 0.202. The maximum atomic E-state index is 12.3. The number of nitrogens with zero attached hydrogens (tertiary/aromatic N) is 3. The summed E-state index contributed by atoms with van der Waals surface area (Å²) in [7, 11) is -1.64. The molecular weight excluding hydrogens is 400 g/mol. The molecule has 0 saturated heterocycles. The Morgan fingerprint density at radius 3 is 2.47 bits per heavy atom. The zero-order valence-corrected chi connectivity index (χ0v) is 17.6. The predicted octanol–water partition coefficient (Wildman–Crippen LogP) is 3.66. The van der Waals surface area contributed by atoms with Gasteiger partial charge in [0, 0.05) is 37.4 Å². The molecule has 7 nitrogen and oxygen atoms in total. The van der Waals surface area contributed by atoms with Crippen LogP contribution in [0.2, 0.25) is 0 Å². The number of hydrogen-bond donors (Lipinski definition) is 1. The van der Waals surface area contributed by atoms with Crippen molar-refractivity contribution < 1.29 is 13.2 Å². The predicted molar refractivity (Wildman–Crippen MR) is 117 cm³/mol. The van der Waals surface area contributed by atoms with Crippen molar-refractivity contribution >= 4 is 32.5 Å². The first-order valence-corrected chi connectivity index (χ1v) is 11.1. The average molecular weight is 420 g/mol. The molecule has 0 aliphatic carbocycles. The van der Waals surface area contributed by atoms with Crippen LogP contribution in [0.5, 0.6) is 0 Å². The molecule has 8 heteroatoms. The monoisotopic (exact) mass is 420 g/mol. The highest BCUT2D eigenvalue weighted by Gasteiger charge is 2.17. The van der Waals surface area contributed by atoms with Crippen molar-refractivity contribution in [2.75, 3.05) is 11.6 Å². The molecule has 1 amide bonds. The van der Waals surface area contributed by atoms with E-state index in [1.54, 1.807) is 18.3 Å². The van der Waals surface area contributed by atoms with Crippen LogP contribution in [0.3, 0.4) is 0 Å². The molecule has 1 aromatic carbocycles. The fraction of sp³-hybridized carbons (Fsp3) is 0.136. The molecular formula is C22H20N4O3S. The number of pyridine rings is 2. The fourth-order valence-electron chi connectivity index (χ4n) is 3.36. The van der Waals surface area contributed by atoms with Crippen molar-refractivity contribution in [1.82, 2.24) is 14.5 Å². The standard InChI is InChI=1S/C22H20N4O3S/c1-14(27)24-21-11-17-18(13-26(2)20(17)12-23-21)19-9-16(15-7-5-4-6-8-15)10-22(25-19)30(3,28)29/h4-13H,1-3H3,(H,23,24,27). The van der Waals surface area contributed by atoms with Crippen molar-refractivity contribution in [3.05, 3.63) is 60.9 Å². The summed E-state index contributed by atoms with van der Waals surface area (Å²) >= 11 is 0. The van der Waals surface area contributed by atoms with Gasteiger partial charge in [-0.1, -0.05) is 30.3 Å². The summed E-state index contributed by atoms with van der Waals surface area (Å²) in [6.45, 7) is 1.42. The van der Waals surface area contributed by atoms with E-state index < -0.39 is 9.84 Å². The summed E-state index contributed by atoms with van der Waals surface area (Å²) in [6, 6.07) is 14.8. The van der Waals surface area contributed by atoms with Crippen molar-refractivity contribution in [3.8, 4) is 22.4 Å². The second-order valence-electron chi connectivity index (χ2n) is 7.14. The molecule has 0 fully saturated rings. The van der Waals surface area contributed by atoms with Gasteiger partial charge in [0.15, 0.2) is 14.9 Å². The summed E-state index contributed by atoms with van der Waals surface area (Å²) in [5, 5.41) is 3.50. The number of sulfone groups is 1. The second-order valence-corrected chi connectivity index (χ2v) is 9.10. The molecule has 0 bridgehead atoms. The van der Waals surface area contributed by atoms with Crippen LogP contribution < -0.4 is 5.32 Å². The Balaban J connectivity index is 1.97. The zero-order chi connectivity index (χ0) is 21.5. The van der Waals surface area contributed by atoms with Gasteiger partial charge in [0.25, 0.3) is 0 Å². The van der Waals surface area contributed by atoms with Crippen LogP contribution in [-0.2, 0) is 21.7 Å². The lowest BCUT2D eigenvalue weighted by molar-refractivity contribution is -0.114. The van der Waals surface area contributed by atoms with Gasteiger partial charge in [-0.25, -0.2) is 18.4 Å². The molecule has 4 rings (SSSR count). The van der Waals surface area contributed by atoms with E-state index in [2.05, 4.69) is 15.3 Å². The number of rotatable bonds is 4. The fourth-order valence-corrected chi connectivity index (χ4v) is 3.97. The van der Waals surface area contributed by atoms with Gasteiger partial charge in [-0.3, -0.25) is 4.79 Å². The van der Waals surface area contributed by atoms with Crippen molar-refractivity contribution in [1.29, 1.82) is 0 Å². The molecule has 0 saturated carbocycles. The number of hydrogen-bond acceptors (Lipinski definition) is 5. The van der Waals surface area contributed by atoms with Crippen LogP contribution in [0.25, 0.3) is 33.3 Å². The van der Waals surface area contributed by atoms with Gasteiger partial charge >= 0.3 is 0 Å². The first kappa shape index (κ1) is 19.8. The minimum Gasteiger partial charge on any atom is -0.349 e. The van der Waals surface area contributed by atoms with E-state index in [1.165, 1.54) is 6.92 Å². The van der Waals surface area contributed by atoms with Crippen LogP contribution >= 0.6 is 0 Å². The van der Waals surface area contributed by atoms with Gasteiger partial charge in [0.1, 0.15) is 5.82 Å². The molecule has 1 N–H and O–H groups in total. The molecule has 152 valence electrons. The van der Waals surface area contributed by atoms with Gasteiger partial charge in [-0.05, 0) is 29.3 Å². The van der Waals surface area contributed by atoms with Gasteiger partial charge in [-0.2, -0.15) is 0 Å². The Labute approximate surface area is 174 Å². The molecule has 0 aliphatic heterocycles. The molecule has 3 heterocycles. The smallest absolute Gasteiger partial charge is 0.222 e. The van der Waals surface area contributed by atoms with Crippen LogP contribution in [0.15, 0.2) is 66.0 Å². The number of benzene rings is 1. The first-order chi connectivity index (χ1) is 14.2. The second kappa shape index (κ2) is 7.38. The Morgan fingerprint density at radius 2 is 1.80 bits per heavy atom. The van der Waals surface area contributed by atoms with Crippen LogP contribution in [0.4, 0.5) is 5.82 Å². The summed E-state index contributed by atoms with van der Waals surface area (Å²) < 4.78 is 26.5. The topological polar surface area (TPSA) is 94.0 Å². The van der Waals surface area contributed by atoms with Crippen molar-refractivity contribution in [2.24, 2.45) is 7.05 Å². The Kier molecular flexibility index (Phi) is 4.87. The van der Waals surface area contributed by atoms with Crippen LogP contribution in [-0.4, -0.2) is 35.1 Å². The van der Waals surface area contributed by atoms with Gasteiger partial charge in [-0.15, -0.1) is 0 Å². The van der Waals surface area contributed by atoms with E-state index in [0.29, 0.717) is 11.5 Å². The number of amides is 1. The van der Waals surface area contributed by atoms with Gasteiger partial charge < -0.3 is 9.88 Å². The lowest BCUT2D eigenvalue weighted by Gasteiger charge is -2.09. The maximum absolute atomic E-state index is 12.3. The van der Waals surface area contributed by atoms with Crippen LogP contribution in [0.1, 0.15) is 6.92 Å². The summed E-state index contributed by atoms with van der Waals surface area (Å²) in [4.78, 5) is 20.1. The minimum absolute atomic E-state index is 0.00648. The molecule has 4 aromatic rings. The third-order valence-electron chi connectivity index (χ3n) is 4.74. The molecule has 3 aromatic heterocycles. The van der Waals surface area contributed by atoms with E-state index in [1.807, 2.05) is 54.2 Å². The maximum Gasteiger partial charge on any atom is 0.222 e. The normalized spacial score (nSPS) is 11.6. The average Bonchev–Trinajstić information content (AvgIpc) is 3.03. The Bertz CT molecular complexity index is 1380. The number of anilines is 1. The first-order valence-electron chi connectivity index (χ1n) is 9.23. The Morgan fingerprint density at radius 1 is 1.07 bits per heavy atom. The molecule has 0 unspecified atom stereocenters. The zero-order valence-electron chi connectivity index (χ0n) is 16.7. The van der Waals surface area contributed by atoms with E-state index in [-0.39, 0.29) is 10.9 Å². The highest BCUT2D eigenvalue weighted by molar-refractivity contribution is 7.90. The molecule has 0 atom stereocenters. The van der Waals surface area contributed by atoms with E-state index in [0.717, 1.165) is 33.8 Å². The SMILES string of the molecule is CC(=O)Nc1cc2c(-c3cc(-c4ccccc4)cc(S(C)(=O)=O)n3)cn(C)c2cn1. The van der Waals surface area contributed by atoms with Gasteiger partial charge in [0.05, 0.1) is 17.4 Å². The quantitative estimate of drug-likeness (QED) is 0.544. The van der Waals surface area contributed by atoms with Crippen LogP contribution in [0, 0.1) is 0 Å². The largest absolute Gasteiger partial charge is 0.349 e. The lowest BCUT2D eigenvalue weighted by atomic mass is 10.0. The molecule has 30 heavy (non-hydrogen) atoms. The third-order valence-corrected chi connectivity index (χ3v) is 5.71. The third kappa shape index (κ3) is 3.81. The van der Waals surface area contributed by atoms with E-state index in [4.69, 9.17) is 0 Å². The lowest BCUT2D eigenvalue weighted by Crippen LogP contribution is -2.07. The summed E-state index contributed by atoms with van der Waals surface area (Å²) in [5.41, 5.74) is 3.78. The minimum atomic E-state index is -3.52. The van der Waals surface area contributed by atoms with E-state index in [9.17, 15) is 13.2 Å². The van der Waals surface area contributed by atoms with Gasteiger partial charge in [0.2, 0.25) is 5.91 Å². The number of carbonyl (C=O) groups is 1. The highest BCUT2D eigenvalue weighted by atomic mass is 32.2. The van der Waals surface area contributed by atoms with Crippen molar-refractivity contribution in [2.45, 2.75) is 11.9 Å². The molecule has 0 spiro atoms. The highest BCUT2D eigenvalue weighted by Crippen LogP contribution is 2.33. The Hall–Kier alpha value is -3.52. The summed E-state index contributed by atoms with van der Waals surface area (Å²) in [6.07, 6.45) is 4.70. The number of fused-ring (bicyclic) bond motifs is 1. The van der Waals surface area contributed by atoms with Crippen molar-refractivity contribution in [3.63, 3.8) is 0 Å². The van der Waals surface area contributed by atoms with E-state index >= 15 is 0 Å². The molecule has 0 aliphatic rings. The number of nitrogens with one attached hydrogen (secondary N) is 1. The number of aromatic nitrogens is 3.